The Labute approximate surface area is 132 Å². The van der Waals surface area contributed by atoms with Crippen LogP contribution in [0.1, 0.15) is 5.56 Å². The quantitative estimate of drug-likeness (QED) is 0.788. The van der Waals surface area contributed by atoms with E-state index >= 15 is 0 Å². The van der Waals surface area contributed by atoms with Crippen LogP contribution < -0.4 is 4.90 Å². The predicted octanol–water partition coefficient (Wildman–Crippen LogP) is 2.03. The first kappa shape index (κ1) is 13.9. The number of carbonyl (C=O) groups is 1. The van der Waals surface area contributed by atoms with Gasteiger partial charge < -0.3 is 4.74 Å². The number of hydrogen-bond acceptors (Lipinski definition) is 5. The van der Waals surface area contributed by atoms with Gasteiger partial charge in [-0.3, -0.25) is 9.69 Å². The highest BCUT2D eigenvalue weighted by atomic mass is 32.2. The molecule has 1 fully saturated rings. The van der Waals surface area contributed by atoms with Gasteiger partial charge in [-0.2, -0.15) is 0 Å². The molecule has 0 unspecified atom stereocenters. The van der Waals surface area contributed by atoms with Gasteiger partial charge in [-0.1, -0.05) is 30.3 Å². The van der Waals surface area contributed by atoms with Crippen LogP contribution in [0.15, 0.2) is 35.7 Å². The number of β-lactam (4-membered cyclic amide) rings is 1. The fourth-order valence-corrected chi connectivity index (χ4v) is 6.22. The van der Waals surface area contributed by atoms with Gasteiger partial charge in [0.25, 0.3) is 5.91 Å². The molecule has 5 nitrogen and oxygen atoms in total. The minimum Gasteiger partial charge on any atom is -0.368 e. The number of carbonyl (C=O) groups excluding carboxylic acids is 1. The number of amides is 1. The molecule has 0 N–H and O–H groups in total. The Balaban J connectivity index is 1.89. The summed E-state index contributed by atoms with van der Waals surface area (Å²) >= 11 is 1.47. The van der Waals surface area contributed by atoms with Crippen LogP contribution in [0, 0.1) is 0 Å². The second-order valence-corrected chi connectivity index (χ2v) is 8.34. The molecule has 4 rings (SSSR count). The molecule has 0 radical (unpaired) electrons. The van der Waals surface area contributed by atoms with Gasteiger partial charge in [-0.05, 0) is 10.9 Å². The highest BCUT2D eigenvalue weighted by Gasteiger charge is 2.59. The minimum absolute atomic E-state index is 0.0417. The van der Waals surface area contributed by atoms with E-state index < -0.39 is 21.3 Å². The Morgan fingerprint density at radius 2 is 2.00 bits per heavy atom. The standard InChI is InChI=1S/C15H13NO4S2/c1-20-12-14(17)16-11-10(8-22(18,19)15(12)16)7-21-13(11)9-5-3-2-4-6-9/h2-7,12,15H,8H2,1H3/t12-,15+/m0/s1. The van der Waals surface area contributed by atoms with Crippen molar-refractivity contribution in [1.29, 1.82) is 0 Å². The third-order valence-electron chi connectivity index (χ3n) is 4.09. The van der Waals surface area contributed by atoms with E-state index in [4.69, 9.17) is 4.74 Å². The van der Waals surface area contributed by atoms with Crippen LogP contribution in [0.25, 0.3) is 10.4 Å². The van der Waals surface area contributed by atoms with Gasteiger partial charge in [0, 0.05) is 12.7 Å². The molecule has 0 saturated carbocycles. The molecule has 0 spiro atoms. The zero-order chi connectivity index (χ0) is 15.5. The largest absolute Gasteiger partial charge is 0.368 e. The van der Waals surface area contributed by atoms with Gasteiger partial charge >= 0.3 is 0 Å². The lowest BCUT2D eigenvalue weighted by Gasteiger charge is -2.47. The Hall–Kier alpha value is -1.70. The summed E-state index contributed by atoms with van der Waals surface area (Å²) in [5.41, 5.74) is 2.41. The summed E-state index contributed by atoms with van der Waals surface area (Å²) in [5, 5.41) is 0.938. The summed E-state index contributed by atoms with van der Waals surface area (Å²) in [6.07, 6.45) is -0.887. The van der Waals surface area contributed by atoms with Gasteiger partial charge in [0.1, 0.15) is 0 Å². The number of thiophene rings is 1. The summed E-state index contributed by atoms with van der Waals surface area (Å²) in [6, 6.07) is 9.69. The van der Waals surface area contributed by atoms with Crippen molar-refractivity contribution < 1.29 is 17.9 Å². The third-order valence-corrected chi connectivity index (χ3v) is 7.06. The van der Waals surface area contributed by atoms with E-state index in [-0.39, 0.29) is 11.7 Å². The van der Waals surface area contributed by atoms with Crippen molar-refractivity contribution in [1.82, 2.24) is 0 Å². The maximum atomic E-state index is 12.4. The molecule has 2 aliphatic heterocycles. The number of methoxy groups -OCH3 is 1. The van der Waals surface area contributed by atoms with Crippen LogP contribution in [0.4, 0.5) is 5.69 Å². The second kappa shape index (κ2) is 4.65. The van der Waals surface area contributed by atoms with Gasteiger partial charge in [-0.15, -0.1) is 11.3 Å². The average Bonchev–Trinajstić information content (AvgIpc) is 2.89. The third kappa shape index (κ3) is 1.73. The van der Waals surface area contributed by atoms with Crippen molar-refractivity contribution in [2.75, 3.05) is 12.0 Å². The SMILES string of the molecule is CO[C@H]1C(=O)N2c3c(csc3-c3ccccc3)CS(=O)(=O)[C@H]12. The predicted molar refractivity (Wildman–Crippen MR) is 84.4 cm³/mol. The summed E-state index contributed by atoms with van der Waals surface area (Å²) in [7, 11) is -2.04. The molecular formula is C15H13NO4S2. The van der Waals surface area contributed by atoms with Crippen molar-refractivity contribution in [2.24, 2.45) is 0 Å². The maximum absolute atomic E-state index is 12.4. The number of anilines is 1. The van der Waals surface area contributed by atoms with Crippen LogP contribution >= 0.6 is 11.3 Å². The summed E-state index contributed by atoms with van der Waals surface area (Å²) < 4.78 is 29.9. The minimum atomic E-state index is -3.41. The topological polar surface area (TPSA) is 63.7 Å². The fourth-order valence-electron chi connectivity index (χ4n) is 3.09. The molecule has 2 atom stereocenters. The molecule has 2 aromatic rings. The van der Waals surface area contributed by atoms with E-state index in [2.05, 4.69) is 0 Å². The Morgan fingerprint density at radius 1 is 1.27 bits per heavy atom. The van der Waals surface area contributed by atoms with E-state index in [1.165, 1.54) is 23.3 Å². The lowest BCUT2D eigenvalue weighted by Crippen LogP contribution is -2.70. The van der Waals surface area contributed by atoms with Crippen LogP contribution in [0.2, 0.25) is 0 Å². The molecule has 0 bridgehead atoms. The first-order valence-corrected chi connectivity index (χ1v) is 9.37. The molecule has 114 valence electrons. The van der Waals surface area contributed by atoms with E-state index in [0.717, 1.165) is 16.1 Å². The van der Waals surface area contributed by atoms with E-state index in [1.807, 2.05) is 35.7 Å². The Bertz CT molecular complexity index is 857. The zero-order valence-electron chi connectivity index (χ0n) is 11.7. The summed E-state index contributed by atoms with van der Waals surface area (Å²) in [5.74, 6) is -0.326. The van der Waals surface area contributed by atoms with Gasteiger partial charge in [0.2, 0.25) is 0 Å². The van der Waals surface area contributed by atoms with Crippen molar-refractivity contribution in [3.8, 4) is 10.4 Å². The van der Waals surface area contributed by atoms with E-state index in [1.54, 1.807) is 0 Å². The lowest BCUT2D eigenvalue weighted by molar-refractivity contribution is -0.136. The normalized spacial score (nSPS) is 25.3. The van der Waals surface area contributed by atoms with Crippen LogP contribution in [-0.4, -0.2) is 32.9 Å². The molecule has 22 heavy (non-hydrogen) atoms. The van der Waals surface area contributed by atoms with Crippen LogP contribution in [0.3, 0.4) is 0 Å². The van der Waals surface area contributed by atoms with Crippen molar-refractivity contribution >= 4 is 32.8 Å². The maximum Gasteiger partial charge on any atom is 0.260 e. The van der Waals surface area contributed by atoms with Crippen molar-refractivity contribution in [2.45, 2.75) is 17.2 Å². The average molecular weight is 335 g/mol. The van der Waals surface area contributed by atoms with Gasteiger partial charge in [0.15, 0.2) is 21.3 Å². The molecule has 1 amide bonds. The number of nitrogens with zero attached hydrogens (tertiary/aromatic N) is 1. The highest BCUT2D eigenvalue weighted by Crippen LogP contribution is 2.49. The molecule has 2 aliphatic rings. The van der Waals surface area contributed by atoms with Crippen LogP contribution in [0.5, 0.6) is 0 Å². The summed E-state index contributed by atoms with van der Waals surface area (Å²) in [6.45, 7) is 0. The fraction of sp³-hybridized carbons (Fsp3) is 0.267. The number of fused-ring (bicyclic) bond motifs is 3. The molecule has 0 aliphatic carbocycles. The first-order chi connectivity index (χ1) is 10.5. The molecular weight excluding hydrogens is 322 g/mol. The molecule has 3 heterocycles. The number of ether oxygens (including phenoxy) is 1. The molecule has 7 heteroatoms. The van der Waals surface area contributed by atoms with Crippen molar-refractivity contribution in [3.05, 3.63) is 41.3 Å². The van der Waals surface area contributed by atoms with Crippen molar-refractivity contribution in [3.63, 3.8) is 0 Å². The van der Waals surface area contributed by atoms with Crippen LogP contribution in [-0.2, 0) is 25.1 Å². The summed E-state index contributed by atoms with van der Waals surface area (Å²) in [4.78, 5) is 14.6. The van der Waals surface area contributed by atoms with E-state index in [9.17, 15) is 13.2 Å². The van der Waals surface area contributed by atoms with Gasteiger partial charge in [-0.25, -0.2) is 8.42 Å². The lowest BCUT2D eigenvalue weighted by atomic mass is 10.0. The second-order valence-electron chi connectivity index (χ2n) is 5.37. The first-order valence-electron chi connectivity index (χ1n) is 6.78. The monoisotopic (exact) mass is 335 g/mol. The van der Waals surface area contributed by atoms with Gasteiger partial charge in [0.05, 0.1) is 16.3 Å². The smallest absolute Gasteiger partial charge is 0.260 e. The molecule has 1 aromatic heterocycles. The number of benzene rings is 1. The molecule has 1 saturated heterocycles. The van der Waals surface area contributed by atoms with E-state index in [0.29, 0.717) is 5.56 Å². The highest BCUT2D eigenvalue weighted by molar-refractivity contribution is 7.91. The number of hydrogen-bond donors (Lipinski definition) is 0. The molecule has 1 aromatic carbocycles. The Morgan fingerprint density at radius 3 is 2.68 bits per heavy atom. The number of rotatable bonds is 2. The zero-order valence-corrected chi connectivity index (χ0v) is 13.4. The Kier molecular flexibility index (Phi) is 2.94. The number of sulfone groups is 1.